The molecule has 36 heavy (non-hydrogen) atoms. The molecule has 1 fully saturated rings. The predicted molar refractivity (Wildman–Crippen MR) is 150 cm³/mol. The molecule has 0 aliphatic carbocycles. The second-order valence-corrected chi connectivity index (χ2v) is 9.43. The van der Waals surface area contributed by atoms with E-state index in [9.17, 15) is 4.79 Å². The Labute approximate surface area is 219 Å². The maximum atomic E-state index is 12.9. The molecule has 4 aliphatic heterocycles. The number of rotatable bonds is 6. The lowest BCUT2D eigenvalue weighted by atomic mass is 9.98. The summed E-state index contributed by atoms with van der Waals surface area (Å²) in [7, 11) is 4.25. The van der Waals surface area contributed by atoms with Crippen molar-refractivity contribution in [1.82, 2.24) is 20.9 Å². The highest BCUT2D eigenvalue weighted by Crippen LogP contribution is 2.41. The first-order valence-corrected chi connectivity index (χ1v) is 13.8. The van der Waals surface area contributed by atoms with Gasteiger partial charge in [0.25, 0.3) is 5.91 Å². The second-order valence-electron chi connectivity index (χ2n) is 9.43. The number of carbonyl (C=O) groups is 1. The molecule has 0 spiro atoms. The number of hydrogen-bond acceptors (Lipinski definition) is 7. The topological polar surface area (TPSA) is 81.2 Å². The standard InChI is InChI=1S/C24H34N6O2.2C2H6.H2/c1-29(2)10-7-16-14-30(21-6-4-3-5-18(16)21)23-22-19(25-15-26-23)13-20(28-22)24(31)27-17-8-11-32-12-9-17;2*1-2;/h3-6,16-17,19,25-26H,7-15H2,1-2H3,(H,27,31);2*1-2H3;1H. The zero-order valence-corrected chi connectivity index (χ0v) is 23.1. The molecule has 1 amide bonds. The van der Waals surface area contributed by atoms with E-state index in [1.165, 1.54) is 11.3 Å². The molecule has 0 aromatic heterocycles. The Morgan fingerprint density at radius 2 is 1.92 bits per heavy atom. The first-order chi connectivity index (χ1) is 17.6. The van der Waals surface area contributed by atoms with Crippen molar-refractivity contribution in [3.63, 3.8) is 0 Å². The van der Waals surface area contributed by atoms with Crippen LogP contribution in [0.5, 0.6) is 0 Å². The fourth-order valence-corrected chi connectivity index (χ4v) is 5.15. The molecular formula is C28H48N6O2. The minimum atomic E-state index is -0.0365. The number of hydrogen-bond donors (Lipinski definition) is 3. The third-order valence-corrected chi connectivity index (χ3v) is 6.91. The Morgan fingerprint density at radius 1 is 1.19 bits per heavy atom. The molecule has 202 valence electrons. The molecule has 0 saturated carbocycles. The molecule has 8 nitrogen and oxygen atoms in total. The van der Waals surface area contributed by atoms with Gasteiger partial charge < -0.3 is 25.2 Å². The number of fused-ring (bicyclic) bond motifs is 2. The van der Waals surface area contributed by atoms with Crippen LogP contribution in [-0.4, -0.2) is 75.7 Å². The summed E-state index contributed by atoms with van der Waals surface area (Å²) in [6, 6.07) is 8.96. The molecule has 1 aromatic rings. The van der Waals surface area contributed by atoms with E-state index in [0.717, 1.165) is 43.9 Å². The Morgan fingerprint density at radius 3 is 2.64 bits per heavy atom. The number of anilines is 1. The average molecular weight is 501 g/mol. The van der Waals surface area contributed by atoms with Crippen LogP contribution < -0.4 is 20.9 Å². The van der Waals surface area contributed by atoms with Crippen molar-refractivity contribution in [2.45, 2.75) is 71.4 Å². The second kappa shape index (κ2) is 13.8. The average Bonchev–Trinajstić information content (AvgIpc) is 3.52. The van der Waals surface area contributed by atoms with E-state index in [0.29, 0.717) is 37.9 Å². The van der Waals surface area contributed by atoms with Gasteiger partial charge in [-0.3, -0.25) is 10.1 Å². The van der Waals surface area contributed by atoms with Gasteiger partial charge >= 0.3 is 0 Å². The third-order valence-electron chi connectivity index (χ3n) is 6.91. The van der Waals surface area contributed by atoms with E-state index in [-0.39, 0.29) is 19.4 Å². The van der Waals surface area contributed by atoms with Crippen molar-refractivity contribution in [2.75, 3.05) is 52.0 Å². The lowest BCUT2D eigenvalue weighted by Crippen LogP contribution is -2.48. The van der Waals surface area contributed by atoms with Crippen molar-refractivity contribution in [3.8, 4) is 0 Å². The van der Waals surface area contributed by atoms with Crippen molar-refractivity contribution in [2.24, 2.45) is 4.99 Å². The van der Waals surface area contributed by atoms with E-state index < -0.39 is 0 Å². The molecule has 1 saturated heterocycles. The number of amides is 1. The fraction of sp³-hybridized carbons (Fsp3) is 0.643. The zero-order chi connectivity index (χ0) is 26.1. The van der Waals surface area contributed by atoms with Crippen LogP contribution in [0.1, 0.15) is 66.3 Å². The number of benzene rings is 1. The summed E-state index contributed by atoms with van der Waals surface area (Å²) in [6.07, 6.45) is 3.49. The molecule has 8 heteroatoms. The number of ether oxygens (including phenoxy) is 1. The molecular weight excluding hydrogens is 452 g/mol. The number of aliphatic imine (C=N–C) groups is 1. The van der Waals surface area contributed by atoms with Crippen LogP contribution in [0.3, 0.4) is 0 Å². The first kappa shape index (κ1) is 28.2. The number of nitrogens with one attached hydrogen (secondary N) is 3. The highest BCUT2D eigenvalue weighted by molar-refractivity contribution is 6.40. The normalized spacial score (nSPS) is 23.0. The van der Waals surface area contributed by atoms with Crippen LogP contribution in [0.2, 0.25) is 0 Å². The zero-order valence-electron chi connectivity index (χ0n) is 23.1. The van der Waals surface area contributed by atoms with E-state index in [2.05, 4.69) is 64.1 Å². The lowest BCUT2D eigenvalue weighted by Gasteiger charge is -2.32. The summed E-state index contributed by atoms with van der Waals surface area (Å²) in [4.78, 5) is 22.4. The Balaban J connectivity index is 0.000000919. The van der Waals surface area contributed by atoms with E-state index in [1.807, 2.05) is 27.7 Å². The number of carbonyl (C=O) groups excluding carboxylic acids is 1. The summed E-state index contributed by atoms with van der Waals surface area (Å²) >= 11 is 0. The maximum Gasteiger partial charge on any atom is 0.265 e. The minimum Gasteiger partial charge on any atom is -0.381 e. The Hall–Kier alpha value is -2.42. The smallest absolute Gasteiger partial charge is 0.265 e. The van der Waals surface area contributed by atoms with Gasteiger partial charge in [-0.25, -0.2) is 4.99 Å². The van der Waals surface area contributed by atoms with Gasteiger partial charge in [0.1, 0.15) is 11.5 Å². The minimum absolute atomic E-state index is 0. The fourth-order valence-electron chi connectivity index (χ4n) is 5.15. The quantitative estimate of drug-likeness (QED) is 0.553. The molecule has 4 heterocycles. The summed E-state index contributed by atoms with van der Waals surface area (Å²) in [5.74, 6) is 1.49. The van der Waals surface area contributed by atoms with Crippen LogP contribution in [0.15, 0.2) is 40.8 Å². The molecule has 5 rings (SSSR count). The maximum absolute atomic E-state index is 12.9. The SMILES string of the molecule is CC.CC.CN(C)CCC1CN(C2=C3N=C(C(=O)NC4CCOCC4)CC3NCN2)c2ccccc21.[HH]. The Kier molecular flexibility index (Phi) is 10.8. The monoisotopic (exact) mass is 500 g/mol. The van der Waals surface area contributed by atoms with E-state index in [4.69, 9.17) is 9.73 Å². The Bertz CT molecular complexity index is 929. The van der Waals surface area contributed by atoms with Crippen molar-refractivity contribution in [3.05, 3.63) is 41.3 Å². The van der Waals surface area contributed by atoms with Crippen molar-refractivity contribution in [1.29, 1.82) is 0 Å². The summed E-state index contributed by atoms with van der Waals surface area (Å²) in [5.41, 5.74) is 4.24. The van der Waals surface area contributed by atoms with Crippen molar-refractivity contribution >= 4 is 17.3 Å². The molecule has 0 bridgehead atoms. The van der Waals surface area contributed by atoms with Gasteiger partial charge in [-0.2, -0.15) is 0 Å². The first-order valence-electron chi connectivity index (χ1n) is 13.8. The predicted octanol–water partition coefficient (Wildman–Crippen LogP) is 3.67. The molecule has 3 N–H and O–H groups in total. The highest BCUT2D eigenvalue weighted by Gasteiger charge is 2.38. The third kappa shape index (κ3) is 6.47. The van der Waals surface area contributed by atoms with Crippen LogP contribution in [-0.2, 0) is 9.53 Å². The van der Waals surface area contributed by atoms with Gasteiger partial charge in [-0.1, -0.05) is 45.9 Å². The van der Waals surface area contributed by atoms with Crippen LogP contribution >= 0.6 is 0 Å². The molecule has 0 radical (unpaired) electrons. The summed E-state index contributed by atoms with van der Waals surface area (Å²) in [6.45, 7) is 12.1. The van der Waals surface area contributed by atoms with Gasteiger partial charge in [0.05, 0.1) is 18.4 Å². The summed E-state index contributed by atoms with van der Waals surface area (Å²) in [5, 5.41) is 10.2. The van der Waals surface area contributed by atoms with Crippen LogP contribution in [0, 0.1) is 0 Å². The van der Waals surface area contributed by atoms with Gasteiger partial charge in [-0.05, 0) is 51.5 Å². The largest absolute Gasteiger partial charge is 0.381 e. The summed E-state index contributed by atoms with van der Waals surface area (Å²) < 4.78 is 5.41. The molecule has 1 aromatic carbocycles. The van der Waals surface area contributed by atoms with Gasteiger partial charge in [-0.15, -0.1) is 0 Å². The molecule has 4 aliphatic rings. The van der Waals surface area contributed by atoms with Crippen LogP contribution in [0.25, 0.3) is 0 Å². The lowest BCUT2D eigenvalue weighted by molar-refractivity contribution is -0.116. The number of para-hydroxylation sites is 1. The highest BCUT2D eigenvalue weighted by atomic mass is 16.5. The van der Waals surface area contributed by atoms with E-state index in [1.54, 1.807) is 0 Å². The van der Waals surface area contributed by atoms with Gasteiger partial charge in [0.2, 0.25) is 0 Å². The molecule has 2 unspecified atom stereocenters. The van der Waals surface area contributed by atoms with Crippen LogP contribution in [0.4, 0.5) is 5.69 Å². The van der Waals surface area contributed by atoms with Gasteiger partial charge in [0.15, 0.2) is 0 Å². The van der Waals surface area contributed by atoms with E-state index >= 15 is 0 Å². The number of nitrogens with zero attached hydrogens (tertiary/aromatic N) is 3. The van der Waals surface area contributed by atoms with Crippen molar-refractivity contribution < 1.29 is 11.0 Å². The molecule has 2 atom stereocenters. The van der Waals surface area contributed by atoms with Gasteiger partial charge in [0, 0.05) is 45.3 Å².